The lowest BCUT2D eigenvalue weighted by Crippen LogP contribution is -2.43. The summed E-state index contributed by atoms with van der Waals surface area (Å²) in [6.07, 6.45) is 0.820. The number of carbonyl (C=O) groups is 2. The number of hydrogen-bond acceptors (Lipinski definition) is 3. The molecule has 0 bridgehead atoms. The fraction of sp³-hybridized carbons (Fsp3) is 0.467. The van der Waals surface area contributed by atoms with Crippen LogP contribution in [0.1, 0.15) is 26.7 Å². The number of nitrogens with one attached hydrogen (secondary N) is 1. The molecule has 0 saturated heterocycles. The highest BCUT2D eigenvalue weighted by Gasteiger charge is 2.35. The fourth-order valence-electron chi connectivity index (χ4n) is 1.90. The molecule has 5 nitrogen and oxygen atoms in total. The molecular formula is C15H20FNO4. The minimum atomic E-state index is -0.979. The Hall–Kier alpha value is -2.11. The van der Waals surface area contributed by atoms with Crippen LogP contribution in [0.25, 0.3) is 0 Å². The Kier molecular flexibility index (Phi) is 6.14. The average molecular weight is 297 g/mol. The molecule has 1 rings (SSSR count). The van der Waals surface area contributed by atoms with Crippen LogP contribution in [0.5, 0.6) is 5.75 Å². The molecule has 21 heavy (non-hydrogen) atoms. The standard InChI is InChI=1S/C15H20FNO4/c1-3-15(4-2,14(19)20)10-17-13(18)9-21-12-8-6-5-7-11(12)16/h5-8H,3-4,9-10H2,1-2H3,(H,17,18)(H,19,20). The van der Waals surface area contributed by atoms with Gasteiger partial charge in [-0.2, -0.15) is 0 Å². The molecule has 116 valence electrons. The van der Waals surface area contributed by atoms with E-state index in [9.17, 15) is 19.1 Å². The number of carboxylic acids is 1. The minimum absolute atomic E-state index is 0.0110. The van der Waals surface area contributed by atoms with Crippen LogP contribution in [0.2, 0.25) is 0 Å². The Bertz CT molecular complexity index is 500. The van der Waals surface area contributed by atoms with Gasteiger partial charge in [-0.3, -0.25) is 9.59 Å². The summed E-state index contributed by atoms with van der Waals surface area (Å²) in [6, 6.07) is 5.77. The summed E-state index contributed by atoms with van der Waals surface area (Å²) in [4.78, 5) is 23.0. The Balaban J connectivity index is 2.51. The molecule has 0 unspecified atom stereocenters. The summed E-state index contributed by atoms with van der Waals surface area (Å²) in [7, 11) is 0. The van der Waals surface area contributed by atoms with E-state index < -0.39 is 23.1 Å². The molecule has 6 heteroatoms. The van der Waals surface area contributed by atoms with Crippen molar-refractivity contribution in [1.29, 1.82) is 0 Å². The van der Waals surface area contributed by atoms with Crippen LogP contribution in [0.3, 0.4) is 0 Å². The van der Waals surface area contributed by atoms with Crippen LogP contribution in [0.15, 0.2) is 24.3 Å². The zero-order chi connectivity index (χ0) is 15.9. The van der Waals surface area contributed by atoms with Gasteiger partial charge in [-0.1, -0.05) is 26.0 Å². The summed E-state index contributed by atoms with van der Waals surface area (Å²) in [5.74, 6) is -1.98. The van der Waals surface area contributed by atoms with E-state index in [-0.39, 0.29) is 18.9 Å². The van der Waals surface area contributed by atoms with Gasteiger partial charge in [0, 0.05) is 6.54 Å². The van der Waals surface area contributed by atoms with Gasteiger partial charge in [-0.25, -0.2) is 4.39 Å². The third-order valence-electron chi connectivity index (χ3n) is 3.63. The highest BCUT2D eigenvalue weighted by molar-refractivity contribution is 5.80. The lowest BCUT2D eigenvalue weighted by atomic mass is 9.82. The van der Waals surface area contributed by atoms with Gasteiger partial charge in [-0.15, -0.1) is 0 Å². The smallest absolute Gasteiger partial charge is 0.311 e. The largest absolute Gasteiger partial charge is 0.481 e. The number of carboxylic acid groups (broad SMARTS) is 1. The van der Waals surface area contributed by atoms with Gasteiger partial charge in [0.25, 0.3) is 5.91 Å². The molecule has 1 aromatic carbocycles. The van der Waals surface area contributed by atoms with E-state index >= 15 is 0 Å². The molecule has 0 heterocycles. The first kappa shape index (κ1) is 16.9. The van der Waals surface area contributed by atoms with Crippen LogP contribution >= 0.6 is 0 Å². The van der Waals surface area contributed by atoms with E-state index in [0.29, 0.717) is 12.8 Å². The molecule has 0 fully saturated rings. The Labute approximate surface area is 123 Å². The van der Waals surface area contributed by atoms with Gasteiger partial charge in [0.05, 0.1) is 5.41 Å². The van der Waals surface area contributed by atoms with Crippen molar-refractivity contribution in [3.05, 3.63) is 30.1 Å². The SMILES string of the molecule is CCC(CC)(CNC(=O)COc1ccccc1F)C(=O)O. The summed E-state index contributed by atoms with van der Waals surface area (Å²) in [6.45, 7) is 3.19. The third-order valence-corrected chi connectivity index (χ3v) is 3.63. The second kappa shape index (κ2) is 7.61. The van der Waals surface area contributed by atoms with Crippen LogP contribution in [-0.2, 0) is 9.59 Å². The first-order chi connectivity index (χ1) is 9.95. The van der Waals surface area contributed by atoms with Crippen LogP contribution < -0.4 is 10.1 Å². The molecule has 0 aliphatic rings. The maximum atomic E-state index is 13.3. The molecule has 0 radical (unpaired) electrons. The second-order valence-electron chi connectivity index (χ2n) is 4.79. The zero-order valence-electron chi connectivity index (χ0n) is 12.2. The summed E-state index contributed by atoms with van der Waals surface area (Å²) in [5.41, 5.74) is -0.979. The second-order valence-corrected chi connectivity index (χ2v) is 4.79. The minimum Gasteiger partial charge on any atom is -0.481 e. The van der Waals surface area contributed by atoms with Gasteiger partial charge >= 0.3 is 5.97 Å². The van der Waals surface area contributed by atoms with Crippen molar-refractivity contribution in [2.45, 2.75) is 26.7 Å². The monoisotopic (exact) mass is 297 g/mol. The number of benzene rings is 1. The lowest BCUT2D eigenvalue weighted by Gasteiger charge is -2.26. The van der Waals surface area contributed by atoms with Gasteiger partial charge in [0.1, 0.15) is 0 Å². The Morgan fingerprint density at radius 1 is 1.29 bits per heavy atom. The van der Waals surface area contributed by atoms with Crippen LogP contribution in [-0.4, -0.2) is 30.1 Å². The van der Waals surface area contributed by atoms with Crippen molar-refractivity contribution in [2.75, 3.05) is 13.2 Å². The summed E-state index contributed by atoms with van der Waals surface area (Å²) in [5, 5.41) is 11.8. The number of para-hydroxylation sites is 1. The van der Waals surface area contributed by atoms with Crippen molar-refractivity contribution in [2.24, 2.45) is 5.41 Å². The highest BCUT2D eigenvalue weighted by Crippen LogP contribution is 2.25. The number of ether oxygens (including phenoxy) is 1. The molecule has 1 aromatic rings. The van der Waals surface area contributed by atoms with Crippen molar-refractivity contribution in [1.82, 2.24) is 5.32 Å². The lowest BCUT2D eigenvalue weighted by molar-refractivity contribution is -0.149. The number of aliphatic carboxylic acids is 1. The van der Waals surface area contributed by atoms with E-state index in [1.54, 1.807) is 19.9 Å². The van der Waals surface area contributed by atoms with E-state index in [2.05, 4.69) is 5.32 Å². The maximum absolute atomic E-state index is 13.3. The number of rotatable bonds is 8. The number of carbonyl (C=O) groups excluding carboxylic acids is 1. The molecule has 0 spiro atoms. The molecule has 0 aliphatic heterocycles. The number of hydrogen-bond donors (Lipinski definition) is 2. The van der Waals surface area contributed by atoms with Gasteiger partial charge in [-0.05, 0) is 25.0 Å². The molecule has 0 aliphatic carbocycles. The summed E-state index contributed by atoms with van der Waals surface area (Å²) >= 11 is 0. The maximum Gasteiger partial charge on any atom is 0.311 e. The van der Waals surface area contributed by atoms with E-state index in [1.165, 1.54) is 18.2 Å². The van der Waals surface area contributed by atoms with E-state index in [4.69, 9.17) is 4.74 Å². The summed E-state index contributed by atoms with van der Waals surface area (Å²) < 4.78 is 18.4. The normalized spacial score (nSPS) is 11.0. The molecular weight excluding hydrogens is 277 g/mol. The molecule has 0 atom stereocenters. The highest BCUT2D eigenvalue weighted by atomic mass is 19.1. The van der Waals surface area contributed by atoms with Gasteiger partial charge in [0.2, 0.25) is 0 Å². The van der Waals surface area contributed by atoms with E-state index in [0.717, 1.165) is 0 Å². The third kappa shape index (κ3) is 4.44. The van der Waals surface area contributed by atoms with Gasteiger partial charge in [0.15, 0.2) is 18.2 Å². The van der Waals surface area contributed by atoms with E-state index in [1.807, 2.05) is 0 Å². The molecule has 2 N–H and O–H groups in total. The fourth-order valence-corrected chi connectivity index (χ4v) is 1.90. The predicted octanol–water partition coefficient (Wildman–Crippen LogP) is 2.21. The first-order valence-corrected chi connectivity index (χ1v) is 6.82. The van der Waals surface area contributed by atoms with Crippen molar-refractivity contribution in [3.63, 3.8) is 0 Å². The first-order valence-electron chi connectivity index (χ1n) is 6.82. The topological polar surface area (TPSA) is 75.6 Å². The molecule has 0 aromatic heterocycles. The number of amides is 1. The predicted molar refractivity (Wildman–Crippen MR) is 75.6 cm³/mol. The Morgan fingerprint density at radius 3 is 2.43 bits per heavy atom. The average Bonchev–Trinajstić information content (AvgIpc) is 2.47. The number of halogens is 1. The van der Waals surface area contributed by atoms with Crippen molar-refractivity contribution < 1.29 is 23.8 Å². The molecule has 0 saturated carbocycles. The van der Waals surface area contributed by atoms with Crippen molar-refractivity contribution >= 4 is 11.9 Å². The zero-order valence-corrected chi connectivity index (χ0v) is 12.2. The van der Waals surface area contributed by atoms with Gasteiger partial charge < -0.3 is 15.2 Å². The van der Waals surface area contributed by atoms with Crippen molar-refractivity contribution in [3.8, 4) is 5.75 Å². The Morgan fingerprint density at radius 2 is 1.90 bits per heavy atom. The quantitative estimate of drug-likeness (QED) is 0.771. The van der Waals surface area contributed by atoms with Crippen LogP contribution in [0, 0.1) is 11.2 Å². The molecule has 1 amide bonds. The van der Waals surface area contributed by atoms with Crippen LogP contribution in [0.4, 0.5) is 4.39 Å².